The molecule has 0 aliphatic heterocycles. The van der Waals surface area contributed by atoms with E-state index in [2.05, 4.69) is 0 Å². The van der Waals surface area contributed by atoms with Crippen LogP contribution in [0.3, 0.4) is 0 Å². The fourth-order valence-electron chi connectivity index (χ4n) is 2.15. The van der Waals surface area contributed by atoms with Crippen LogP contribution in [-0.4, -0.2) is 11.3 Å². The van der Waals surface area contributed by atoms with Crippen molar-refractivity contribution in [1.82, 2.24) is 0 Å². The zero-order chi connectivity index (χ0) is 10.9. The van der Waals surface area contributed by atoms with Gasteiger partial charge < -0.3 is 5.73 Å². The summed E-state index contributed by atoms with van der Waals surface area (Å²) in [5.41, 5.74) is 6.08. The molecule has 0 aromatic heterocycles. The topological polar surface area (TPSA) is 43.1 Å². The van der Waals surface area contributed by atoms with Crippen molar-refractivity contribution in [1.29, 1.82) is 0 Å². The van der Waals surface area contributed by atoms with Gasteiger partial charge in [0.05, 0.1) is 5.54 Å². The molecule has 2 N–H and O–H groups in total. The van der Waals surface area contributed by atoms with Crippen molar-refractivity contribution in [2.45, 2.75) is 31.2 Å². The number of nitrogens with two attached hydrogens (primary N) is 1. The lowest BCUT2D eigenvalue weighted by Gasteiger charge is -2.21. The highest BCUT2D eigenvalue weighted by Gasteiger charge is 2.37. The van der Waals surface area contributed by atoms with Crippen LogP contribution in [-0.2, 0) is 0 Å². The molecule has 0 spiro atoms. The van der Waals surface area contributed by atoms with Crippen molar-refractivity contribution < 1.29 is 4.79 Å². The maximum atomic E-state index is 12.1. The molecule has 2 nitrogen and oxygen atoms in total. The Morgan fingerprint density at radius 1 is 1.33 bits per heavy atom. The van der Waals surface area contributed by atoms with Gasteiger partial charge >= 0.3 is 0 Å². The number of rotatable bonds is 2. The van der Waals surface area contributed by atoms with E-state index in [4.69, 9.17) is 17.3 Å². The van der Waals surface area contributed by atoms with E-state index in [9.17, 15) is 4.79 Å². The van der Waals surface area contributed by atoms with Crippen molar-refractivity contribution in [3.63, 3.8) is 0 Å². The summed E-state index contributed by atoms with van der Waals surface area (Å²) >= 11 is 5.85. The van der Waals surface area contributed by atoms with Gasteiger partial charge in [0.15, 0.2) is 5.78 Å². The number of ketones is 1. The van der Waals surface area contributed by atoms with Crippen LogP contribution in [0.1, 0.15) is 36.0 Å². The van der Waals surface area contributed by atoms with Gasteiger partial charge in [0.2, 0.25) is 0 Å². The first-order valence-electron chi connectivity index (χ1n) is 5.21. The molecule has 1 aromatic carbocycles. The van der Waals surface area contributed by atoms with E-state index in [1.807, 2.05) is 0 Å². The minimum absolute atomic E-state index is 0.0301. The van der Waals surface area contributed by atoms with Crippen molar-refractivity contribution in [2.75, 3.05) is 0 Å². The van der Waals surface area contributed by atoms with E-state index in [1.54, 1.807) is 24.3 Å². The van der Waals surface area contributed by atoms with Gasteiger partial charge in [-0.3, -0.25) is 4.79 Å². The number of halogens is 1. The van der Waals surface area contributed by atoms with E-state index in [0.717, 1.165) is 25.7 Å². The molecule has 1 saturated carbocycles. The first-order chi connectivity index (χ1) is 7.12. The average Bonchev–Trinajstić information content (AvgIpc) is 2.65. The van der Waals surface area contributed by atoms with E-state index in [0.29, 0.717) is 10.6 Å². The molecule has 1 aliphatic carbocycles. The largest absolute Gasteiger partial charge is 0.319 e. The highest BCUT2D eigenvalue weighted by atomic mass is 35.5. The summed E-state index contributed by atoms with van der Waals surface area (Å²) < 4.78 is 0. The fourth-order valence-corrected chi connectivity index (χ4v) is 2.34. The third-order valence-corrected chi connectivity index (χ3v) is 3.27. The zero-order valence-electron chi connectivity index (χ0n) is 8.50. The maximum Gasteiger partial charge on any atom is 0.182 e. The molecule has 0 saturated heterocycles. The summed E-state index contributed by atoms with van der Waals surface area (Å²) in [6.07, 6.45) is 3.67. The Morgan fingerprint density at radius 3 is 2.60 bits per heavy atom. The lowest BCUT2D eigenvalue weighted by molar-refractivity contribution is 0.0892. The van der Waals surface area contributed by atoms with Gasteiger partial charge in [-0.05, 0) is 25.0 Å². The van der Waals surface area contributed by atoms with E-state index >= 15 is 0 Å². The van der Waals surface area contributed by atoms with E-state index in [-0.39, 0.29) is 5.78 Å². The number of Topliss-reactive ketones (excluding diaryl/α,β-unsaturated/α-hetero) is 1. The third-order valence-electron chi connectivity index (χ3n) is 3.03. The van der Waals surface area contributed by atoms with Gasteiger partial charge in [0.1, 0.15) is 0 Å². The van der Waals surface area contributed by atoms with Gasteiger partial charge in [-0.15, -0.1) is 0 Å². The molecular weight excluding hydrogens is 210 g/mol. The van der Waals surface area contributed by atoms with Crippen molar-refractivity contribution in [2.24, 2.45) is 5.73 Å². The Morgan fingerprint density at radius 2 is 2.00 bits per heavy atom. The summed E-state index contributed by atoms with van der Waals surface area (Å²) in [6, 6.07) is 7.02. The number of benzene rings is 1. The van der Waals surface area contributed by atoms with Crippen LogP contribution in [0.2, 0.25) is 5.02 Å². The minimum atomic E-state index is -0.648. The van der Waals surface area contributed by atoms with Gasteiger partial charge in [0.25, 0.3) is 0 Å². The van der Waals surface area contributed by atoms with Crippen LogP contribution in [0.4, 0.5) is 0 Å². The smallest absolute Gasteiger partial charge is 0.182 e. The monoisotopic (exact) mass is 223 g/mol. The minimum Gasteiger partial charge on any atom is -0.319 e. The number of hydrogen-bond acceptors (Lipinski definition) is 2. The molecule has 0 heterocycles. The Bertz CT molecular complexity index is 383. The zero-order valence-corrected chi connectivity index (χ0v) is 9.26. The Hall–Kier alpha value is -0.860. The highest BCUT2D eigenvalue weighted by Crippen LogP contribution is 2.30. The van der Waals surface area contributed by atoms with E-state index < -0.39 is 5.54 Å². The summed E-state index contributed by atoms with van der Waals surface area (Å²) in [4.78, 5) is 12.1. The van der Waals surface area contributed by atoms with Crippen molar-refractivity contribution in [3.05, 3.63) is 34.9 Å². The third kappa shape index (κ3) is 2.06. The summed E-state index contributed by atoms with van der Waals surface area (Å²) in [5.74, 6) is 0.0301. The second kappa shape index (κ2) is 3.95. The molecule has 0 atom stereocenters. The molecule has 0 unspecified atom stereocenters. The lowest BCUT2D eigenvalue weighted by Crippen LogP contribution is -2.45. The molecule has 1 aliphatic rings. The van der Waals surface area contributed by atoms with E-state index in [1.165, 1.54) is 0 Å². The van der Waals surface area contributed by atoms with Crippen LogP contribution in [0, 0.1) is 0 Å². The molecule has 3 heteroatoms. The Kier molecular flexibility index (Phi) is 2.81. The Labute approximate surface area is 94.4 Å². The number of hydrogen-bond donors (Lipinski definition) is 1. The molecule has 1 aromatic rings. The summed E-state index contributed by atoms with van der Waals surface area (Å²) in [6.45, 7) is 0. The maximum absolute atomic E-state index is 12.1. The summed E-state index contributed by atoms with van der Waals surface area (Å²) in [5, 5.41) is 0.586. The van der Waals surface area contributed by atoms with Crippen LogP contribution < -0.4 is 5.73 Å². The van der Waals surface area contributed by atoms with Gasteiger partial charge in [-0.1, -0.05) is 36.6 Å². The molecule has 0 amide bonds. The molecular formula is C12H14ClNO. The van der Waals surface area contributed by atoms with Crippen LogP contribution in [0.5, 0.6) is 0 Å². The molecule has 2 rings (SSSR count). The fraction of sp³-hybridized carbons (Fsp3) is 0.417. The first-order valence-corrected chi connectivity index (χ1v) is 5.59. The molecule has 1 fully saturated rings. The highest BCUT2D eigenvalue weighted by molar-refractivity contribution is 6.31. The Balaban J connectivity index is 2.27. The van der Waals surface area contributed by atoms with Crippen molar-refractivity contribution in [3.8, 4) is 0 Å². The van der Waals surface area contributed by atoms with Crippen molar-refractivity contribution >= 4 is 17.4 Å². The number of carbonyl (C=O) groups is 1. The molecule has 0 radical (unpaired) electrons. The standard InChI is InChI=1S/C12H14ClNO/c13-10-5-3-4-9(8-10)11(15)12(14)6-1-2-7-12/h3-5,8H,1-2,6-7,14H2. The van der Waals surface area contributed by atoms with Gasteiger partial charge in [0, 0.05) is 10.6 Å². The quantitative estimate of drug-likeness (QED) is 0.784. The second-order valence-corrected chi connectivity index (χ2v) is 4.64. The predicted molar refractivity (Wildman–Crippen MR) is 61.2 cm³/mol. The molecule has 0 bridgehead atoms. The molecule has 80 valence electrons. The van der Waals surface area contributed by atoms with Crippen LogP contribution >= 0.6 is 11.6 Å². The number of carbonyl (C=O) groups excluding carboxylic acids is 1. The summed E-state index contributed by atoms with van der Waals surface area (Å²) in [7, 11) is 0. The second-order valence-electron chi connectivity index (χ2n) is 4.20. The first kappa shape index (κ1) is 10.7. The molecule has 15 heavy (non-hydrogen) atoms. The van der Waals surface area contributed by atoms with Gasteiger partial charge in [-0.2, -0.15) is 0 Å². The van der Waals surface area contributed by atoms with Gasteiger partial charge in [-0.25, -0.2) is 0 Å². The lowest BCUT2D eigenvalue weighted by atomic mass is 9.89. The predicted octanol–water partition coefficient (Wildman–Crippen LogP) is 2.79. The average molecular weight is 224 g/mol. The van der Waals surface area contributed by atoms with Crippen LogP contribution in [0.25, 0.3) is 0 Å². The SMILES string of the molecule is NC1(C(=O)c2cccc(Cl)c2)CCCC1. The van der Waals surface area contributed by atoms with Crippen LogP contribution in [0.15, 0.2) is 24.3 Å². The normalized spacial score (nSPS) is 19.1.